The molecule has 0 amide bonds. The monoisotopic (exact) mass is 248 g/mol. The second-order valence-electron chi connectivity index (χ2n) is 4.51. The van der Waals surface area contributed by atoms with Crippen LogP contribution in [0, 0.1) is 0 Å². The van der Waals surface area contributed by atoms with E-state index in [0.717, 1.165) is 0 Å². The summed E-state index contributed by atoms with van der Waals surface area (Å²) in [5.74, 6) is 0. The van der Waals surface area contributed by atoms with Crippen LogP contribution in [0.3, 0.4) is 0 Å². The summed E-state index contributed by atoms with van der Waals surface area (Å²) in [6.07, 6.45) is 3.31. The number of rotatable bonds is 3. The molecule has 18 heavy (non-hydrogen) atoms. The lowest BCUT2D eigenvalue weighted by Gasteiger charge is -2.05. The van der Waals surface area contributed by atoms with Crippen molar-refractivity contribution in [3.05, 3.63) is 51.1 Å². The molecule has 2 rings (SSSR count). The molecule has 0 aromatic carbocycles. The highest BCUT2D eigenvalue weighted by molar-refractivity contribution is 5.01. The predicted octanol–water partition coefficient (Wildman–Crippen LogP) is 0.373. The number of hydrogen-bond donors (Lipinski definition) is 0. The van der Waals surface area contributed by atoms with E-state index in [-0.39, 0.29) is 23.8 Å². The standard InChI is InChI=1S/C12H16N4O2/c1-9(2)16-7-4-10(13-16)8-15-11(17)5-6-14(3)12(15)18/h4-7,9H,8H2,1-3H3. The third kappa shape index (κ3) is 2.27. The zero-order valence-corrected chi connectivity index (χ0v) is 10.7. The molecule has 0 aliphatic heterocycles. The Morgan fingerprint density at radius 3 is 2.56 bits per heavy atom. The topological polar surface area (TPSA) is 61.8 Å². The smallest absolute Gasteiger partial charge is 0.303 e. The van der Waals surface area contributed by atoms with E-state index >= 15 is 0 Å². The van der Waals surface area contributed by atoms with Crippen molar-refractivity contribution in [2.45, 2.75) is 26.4 Å². The molecular formula is C12H16N4O2. The van der Waals surface area contributed by atoms with Gasteiger partial charge in [0.25, 0.3) is 5.56 Å². The number of nitrogens with zero attached hydrogens (tertiary/aromatic N) is 4. The van der Waals surface area contributed by atoms with Crippen molar-refractivity contribution in [2.24, 2.45) is 7.05 Å². The Kier molecular flexibility index (Phi) is 3.18. The average Bonchev–Trinajstić information content (AvgIpc) is 2.78. The summed E-state index contributed by atoms with van der Waals surface area (Å²) >= 11 is 0. The average molecular weight is 248 g/mol. The van der Waals surface area contributed by atoms with Crippen LogP contribution in [0.1, 0.15) is 25.6 Å². The molecule has 0 aliphatic rings. The number of aromatic nitrogens is 4. The lowest BCUT2D eigenvalue weighted by molar-refractivity contribution is 0.520. The number of aryl methyl sites for hydroxylation is 1. The summed E-state index contributed by atoms with van der Waals surface area (Å²) < 4.78 is 4.35. The molecule has 0 N–H and O–H groups in total. The third-order valence-corrected chi connectivity index (χ3v) is 2.75. The normalized spacial score (nSPS) is 11.1. The first kappa shape index (κ1) is 12.3. The van der Waals surface area contributed by atoms with Gasteiger partial charge in [-0.05, 0) is 19.9 Å². The summed E-state index contributed by atoms with van der Waals surface area (Å²) in [6.45, 7) is 4.24. The molecule has 0 saturated heterocycles. The van der Waals surface area contributed by atoms with Crippen LogP contribution in [0.15, 0.2) is 34.1 Å². The van der Waals surface area contributed by atoms with Gasteiger partial charge in [-0.2, -0.15) is 5.10 Å². The van der Waals surface area contributed by atoms with Crippen LogP contribution in [0.4, 0.5) is 0 Å². The first-order valence-electron chi connectivity index (χ1n) is 5.79. The SMILES string of the molecule is CC(C)n1ccc(Cn2c(=O)ccn(C)c2=O)n1. The van der Waals surface area contributed by atoms with E-state index in [1.54, 1.807) is 11.7 Å². The van der Waals surface area contributed by atoms with Crippen LogP contribution >= 0.6 is 0 Å². The van der Waals surface area contributed by atoms with Gasteiger partial charge in [0.05, 0.1) is 12.2 Å². The van der Waals surface area contributed by atoms with Crippen LogP contribution in [0.5, 0.6) is 0 Å². The maximum atomic E-state index is 11.8. The largest absolute Gasteiger partial charge is 0.331 e. The van der Waals surface area contributed by atoms with E-state index in [9.17, 15) is 9.59 Å². The van der Waals surface area contributed by atoms with Crippen LogP contribution in [0.25, 0.3) is 0 Å². The Morgan fingerprint density at radius 2 is 1.94 bits per heavy atom. The lowest BCUT2D eigenvalue weighted by atomic mass is 10.4. The van der Waals surface area contributed by atoms with Crippen LogP contribution in [0.2, 0.25) is 0 Å². The van der Waals surface area contributed by atoms with E-state index in [2.05, 4.69) is 5.10 Å². The van der Waals surface area contributed by atoms with Crippen molar-refractivity contribution < 1.29 is 0 Å². The van der Waals surface area contributed by atoms with Gasteiger partial charge in [0, 0.05) is 31.5 Å². The van der Waals surface area contributed by atoms with E-state index < -0.39 is 0 Å². The minimum absolute atomic E-state index is 0.200. The van der Waals surface area contributed by atoms with Gasteiger partial charge in [-0.3, -0.25) is 14.0 Å². The molecule has 0 atom stereocenters. The van der Waals surface area contributed by atoms with E-state index in [1.807, 2.05) is 26.1 Å². The second-order valence-corrected chi connectivity index (χ2v) is 4.51. The fourth-order valence-corrected chi connectivity index (χ4v) is 1.67. The molecule has 2 aromatic heterocycles. The highest BCUT2D eigenvalue weighted by Gasteiger charge is 2.07. The summed E-state index contributed by atoms with van der Waals surface area (Å²) in [6, 6.07) is 3.45. The van der Waals surface area contributed by atoms with Crippen LogP contribution < -0.4 is 11.2 Å². The van der Waals surface area contributed by atoms with Crippen molar-refractivity contribution in [3.8, 4) is 0 Å². The summed E-state index contributed by atoms with van der Waals surface area (Å²) in [5, 5.41) is 4.33. The fourth-order valence-electron chi connectivity index (χ4n) is 1.67. The Balaban J connectivity index is 2.37. The molecule has 6 nitrogen and oxygen atoms in total. The molecule has 0 unspecified atom stereocenters. The highest BCUT2D eigenvalue weighted by Crippen LogP contribution is 2.04. The molecule has 2 heterocycles. The molecule has 0 spiro atoms. The minimum Gasteiger partial charge on any atom is -0.303 e. The summed E-state index contributed by atoms with van der Waals surface area (Å²) in [5.41, 5.74) is 0.0629. The molecule has 0 aliphatic carbocycles. The second kappa shape index (κ2) is 4.64. The molecular weight excluding hydrogens is 232 g/mol. The summed E-state index contributed by atoms with van der Waals surface area (Å²) in [7, 11) is 1.62. The quantitative estimate of drug-likeness (QED) is 0.788. The summed E-state index contributed by atoms with van der Waals surface area (Å²) in [4.78, 5) is 23.5. The van der Waals surface area contributed by atoms with Gasteiger partial charge >= 0.3 is 5.69 Å². The Morgan fingerprint density at radius 1 is 1.22 bits per heavy atom. The van der Waals surface area contributed by atoms with Crippen LogP contribution in [-0.2, 0) is 13.6 Å². The molecule has 6 heteroatoms. The van der Waals surface area contributed by atoms with Gasteiger partial charge in [0.1, 0.15) is 0 Å². The molecule has 96 valence electrons. The van der Waals surface area contributed by atoms with Crippen molar-refractivity contribution >= 4 is 0 Å². The zero-order chi connectivity index (χ0) is 13.3. The third-order valence-electron chi connectivity index (χ3n) is 2.75. The van der Waals surface area contributed by atoms with Crippen molar-refractivity contribution in [1.82, 2.24) is 18.9 Å². The van der Waals surface area contributed by atoms with Gasteiger partial charge in [-0.15, -0.1) is 0 Å². The molecule has 0 saturated carbocycles. The van der Waals surface area contributed by atoms with Crippen molar-refractivity contribution in [3.63, 3.8) is 0 Å². The molecule has 0 fully saturated rings. The zero-order valence-electron chi connectivity index (χ0n) is 10.7. The molecule has 2 aromatic rings. The van der Waals surface area contributed by atoms with Gasteiger partial charge < -0.3 is 4.57 Å². The highest BCUT2D eigenvalue weighted by atomic mass is 16.2. The van der Waals surface area contributed by atoms with Gasteiger partial charge in [-0.25, -0.2) is 4.79 Å². The minimum atomic E-state index is -0.332. The number of hydrogen-bond acceptors (Lipinski definition) is 3. The Labute approximate surface area is 104 Å². The first-order valence-corrected chi connectivity index (χ1v) is 5.79. The van der Waals surface area contributed by atoms with Gasteiger partial charge in [-0.1, -0.05) is 0 Å². The van der Waals surface area contributed by atoms with E-state index in [4.69, 9.17) is 0 Å². The molecule has 0 bridgehead atoms. The maximum absolute atomic E-state index is 11.8. The van der Waals surface area contributed by atoms with Crippen molar-refractivity contribution in [1.29, 1.82) is 0 Å². The lowest BCUT2D eigenvalue weighted by Crippen LogP contribution is -2.38. The molecule has 0 radical (unpaired) electrons. The van der Waals surface area contributed by atoms with E-state index in [0.29, 0.717) is 5.69 Å². The Bertz CT molecular complexity index is 663. The van der Waals surface area contributed by atoms with E-state index in [1.165, 1.54) is 21.4 Å². The predicted molar refractivity (Wildman–Crippen MR) is 67.7 cm³/mol. The Hall–Kier alpha value is -2.11. The van der Waals surface area contributed by atoms with Crippen LogP contribution in [-0.4, -0.2) is 18.9 Å². The van der Waals surface area contributed by atoms with Crippen molar-refractivity contribution in [2.75, 3.05) is 0 Å². The first-order chi connectivity index (χ1) is 8.49. The van der Waals surface area contributed by atoms with Gasteiger partial charge in [0.2, 0.25) is 0 Å². The maximum Gasteiger partial charge on any atom is 0.331 e. The van der Waals surface area contributed by atoms with Gasteiger partial charge in [0.15, 0.2) is 0 Å². The fraction of sp³-hybridized carbons (Fsp3) is 0.417.